The van der Waals surface area contributed by atoms with Crippen molar-refractivity contribution >= 4 is 39.5 Å². The Bertz CT molecular complexity index is 960. The van der Waals surface area contributed by atoms with Crippen LogP contribution in [0.3, 0.4) is 0 Å². The first-order valence-electron chi connectivity index (χ1n) is 8.12. The molecule has 2 aromatic carbocycles. The van der Waals surface area contributed by atoms with Crippen molar-refractivity contribution in [3.8, 4) is 17.6 Å². The van der Waals surface area contributed by atoms with Gasteiger partial charge in [-0.1, -0.05) is 12.1 Å². The van der Waals surface area contributed by atoms with Crippen LogP contribution in [0.2, 0.25) is 0 Å². The van der Waals surface area contributed by atoms with Crippen LogP contribution >= 0.6 is 15.9 Å². The summed E-state index contributed by atoms with van der Waals surface area (Å²) in [6, 6.07) is 11.4. The molecule has 0 atom stereocenters. The van der Waals surface area contributed by atoms with E-state index in [1.165, 1.54) is 12.1 Å². The number of allylic oxidation sites excluding steroid dienone is 1. The van der Waals surface area contributed by atoms with Gasteiger partial charge in [0.2, 0.25) is 0 Å². The Morgan fingerprint density at radius 2 is 1.79 bits per heavy atom. The minimum absolute atomic E-state index is 0.127. The second-order valence-corrected chi connectivity index (χ2v) is 6.35. The third-order valence-electron chi connectivity index (χ3n) is 3.55. The Morgan fingerprint density at radius 3 is 2.32 bits per heavy atom. The normalized spacial score (nSPS) is 10.8. The molecule has 2 N–H and O–H groups in total. The molecule has 0 bridgehead atoms. The molecule has 0 fully saturated rings. The molecule has 0 aromatic heterocycles. The Kier molecular flexibility index (Phi) is 7.18. The van der Waals surface area contributed by atoms with Crippen LogP contribution in [0.4, 0.5) is 0 Å². The lowest BCUT2D eigenvalue weighted by molar-refractivity contribution is -0.139. The zero-order valence-corrected chi connectivity index (χ0v) is 16.4. The topological polar surface area (TPSA) is 117 Å². The number of carboxylic acids is 2. The third kappa shape index (κ3) is 5.34. The Morgan fingerprint density at radius 1 is 1.14 bits per heavy atom. The highest BCUT2D eigenvalue weighted by Crippen LogP contribution is 2.38. The van der Waals surface area contributed by atoms with Gasteiger partial charge in [-0.2, -0.15) is 5.26 Å². The number of benzene rings is 2. The van der Waals surface area contributed by atoms with Crippen molar-refractivity contribution in [2.24, 2.45) is 0 Å². The van der Waals surface area contributed by atoms with Crippen LogP contribution in [-0.4, -0.2) is 35.4 Å². The molecule has 8 heteroatoms. The predicted molar refractivity (Wildman–Crippen MR) is 105 cm³/mol. The summed E-state index contributed by atoms with van der Waals surface area (Å²) < 4.78 is 11.3. The van der Waals surface area contributed by atoms with E-state index >= 15 is 0 Å². The van der Waals surface area contributed by atoms with E-state index in [2.05, 4.69) is 22.0 Å². The van der Waals surface area contributed by atoms with Crippen molar-refractivity contribution in [2.45, 2.75) is 6.92 Å². The molecule has 0 aliphatic rings. The lowest BCUT2D eigenvalue weighted by Gasteiger charge is -2.13. The largest absolute Gasteiger partial charge is 0.490 e. The number of nitrogens with zero attached hydrogens (tertiary/aromatic N) is 1. The maximum atomic E-state index is 11.0. The maximum Gasteiger partial charge on any atom is 0.341 e. The summed E-state index contributed by atoms with van der Waals surface area (Å²) in [6.45, 7) is 1.60. The van der Waals surface area contributed by atoms with E-state index in [9.17, 15) is 14.9 Å². The molecule has 7 nitrogen and oxygen atoms in total. The fourth-order valence-corrected chi connectivity index (χ4v) is 2.92. The summed E-state index contributed by atoms with van der Waals surface area (Å²) in [5.74, 6) is -1.57. The molecule has 28 heavy (non-hydrogen) atoms. The number of carboxylic acid groups (broad SMARTS) is 2. The molecule has 0 unspecified atom stereocenters. The van der Waals surface area contributed by atoms with Crippen molar-refractivity contribution in [2.75, 3.05) is 13.2 Å². The fraction of sp³-hybridized carbons (Fsp3) is 0.150. The number of nitriles is 1. The Labute approximate surface area is 169 Å². The fourth-order valence-electron chi connectivity index (χ4n) is 2.35. The number of hydrogen-bond donors (Lipinski definition) is 2. The zero-order valence-electron chi connectivity index (χ0n) is 14.8. The highest BCUT2D eigenvalue weighted by molar-refractivity contribution is 9.10. The minimum Gasteiger partial charge on any atom is -0.490 e. The number of hydrogen-bond acceptors (Lipinski definition) is 5. The maximum absolute atomic E-state index is 11.0. The lowest BCUT2D eigenvalue weighted by Crippen LogP contribution is -2.10. The number of halogens is 1. The predicted octanol–water partition coefficient (Wildman–Crippen LogP) is 4.07. The molecule has 2 aromatic rings. The van der Waals surface area contributed by atoms with E-state index in [-0.39, 0.29) is 11.3 Å². The number of aliphatic carboxylic acids is 1. The van der Waals surface area contributed by atoms with Crippen molar-refractivity contribution in [3.63, 3.8) is 0 Å². The van der Waals surface area contributed by atoms with E-state index in [0.29, 0.717) is 33.5 Å². The van der Waals surface area contributed by atoms with Crippen molar-refractivity contribution in [1.82, 2.24) is 0 Å². The summed E-state index contributed by atoms with van der Waals surface area (Å²) in [7, 11) is 0. The minimum atomic E-state index is -1.12. The van der Waals surface area contributed by atoms with Crippen LogP contribution in [0.15, 0.2) is 40.9 Å². The van der Waals surface area contributed by atoms with Gasteiger partial charge in [-0.15, -0.1) is 0 Å². The van der Waals surface area contributed by atoms with Gasteiger partial charge >= 0.3 is 11.9 Å². The Balaban J connectivity index is 2.43. The van der Waals surface area contributed by atoms with Crippen LogP contribution in [0, 0.1) is 11.3 Å². The zero-order chi connectivity index (χ0) is 20.7. The van der Waals surface area contributed by atoms with Gasteiger partial charge in [0, 0.05) is 0 Å². The van der Waals surface area contributed by atoms with Crippen LogP contribution in [-0.2, 0) is 4.79 Å². The molecule has 0 saturated carbocycles. The number of ether oxygens (including phenoxy) is 2. The molecule has 0 amide bonds. The summed E-state index contributed by atoms with van der Waals surface area (Å²) >= 11 is 3.34. The van der Waals surface area contributed by atoms with Crippen LogP contribution in [0.25, 0.3) is 11.6 Å². The molecule has 0 aliphatic heterocycles. The second kappa shape index (κ2) is 9.58. The standard InChI is InChI=1S/C20H16BrNO6/c1-2-27-17-9-12(8-16(21)19(17)28-11-18(23)24)7-15(10-22)13-3-5-14(6-4-13)20(25)26/h3-9H,2,11H2,1H3,(H,23,24)(H,25,26)/b15-7-. The van der Waals surface area contributed by atoms with E-state index in [0.717, 1.165) is 0 Å². The molecular weight excluding hydrogens is 430 g/mol. The van der Waals surface area contributed by atoms with Crippen molar-refractivity contribution < 1.29 is 29.3 Å². The molecule has 144 valence electrons. The van der Waals surface area contributed by atoms with Crippen molar-refractivity contribution in [1.29, 1.82) is 5.26 Å². The molecule has 0 saturated heterocycles. The first-order valence-corrected chi connectivity index (χ1v) is 8.91. The van der Waals surface area contributed by atoms with Gasteiger partial charge in [-0.05, 0) is 64.3 Å². The van der Waals surface area contributed by atoms with Gasteiger partial charge in [0.25, 0.3) is 0 Å². The first kappa shape index (κ1) is 21.0. The summed E-state index contributed by atoms with van der Waals surface area (Å²) in [5, 5.41) is 27.3. The van der Waals surface area contributed by atoms with Crippen LogP contribution < -0.4 is 9.47 Å². The van der Waals surface area contributed by atoms with E-state index in [4.69, 9.17) is 19.7 Å². The summed E-state index contributed by atoms with van der Waals surface area (Å²) in [6.07, 6.45) is 1.62. The smallest absolute Gasteiger partial charge is 0.341 e. The van der Waals surface area contributed by atoms with Crippen LogP contribution in [0.5, 0.6) is 11.5 Å². The van der Waals surface area contributed by atoms with Gasteiger partial charge in [0.05, 0.1) is 28.3 Å². The summed E-state index contributed by atoms with van der Waals surface area (Å²) in [4.78, 5) is 21.7. The highest BCUT2D eigenvalue weighted by Gasteiger charge is 2.14. The molecule has 0 spiro atoms. The number of aromatic carboxylic acids is 1. The first-order chi connectivity index (χ1) is 13.3. The van der Waals surface area contributed by atoms with E-state index < -0.39 is 18.5 Å². The average molecular weight is 446 g/mol. The molecule has 0 aliphatic carbocycles. The molecular formula is C20H16BrNO6. The van der Waals surface area contributed by atoms with Crippen LogP contribution in [0.1, 0.15) is 28.4 Å². The SMILES string of the molecule is CCOc1cc(/C=C(/C#N)c2ccc(C(=O)O)cc2)cc(Br)c1OCC(=O)O. The third-order valence-corrected chi connectivity index (χ3v) is 4.14. The van der Waals surface area contributed by atoms with Gasteiger partial charge in [-0.25, -0.2) is 9.59 Å². The van der Waals surface area contributed by atoms with Gasteiger partial charge in [-0.3, -0.25) is 0 Å². The van der Waals surface area contributed by atoms with Gasteiger partial charge in [0.15, 0.2) is 18.1 Å². The average Bonchev–Trinajstić information content (AvgIpc) is 2.65. The molecule has 0 heterocycles. The van der Waals surface area contributed by atoms with E-state index in [1.807, 2.05) is 0 Å². The summed E-state index contributed by atoms with van der Waals surface area (Å²) in [5.41, 5.74) is 1.64. The van der Waals surface area contributed by atoms with Crippen molar-refractivity contribution in [3.05, 3.63) is 57.6 Å². The monoisotopic (exact) mass is 445 g/mol. The molecule has 2 rings (SSSR count). The second-order valence-electron chi connectivity index (χ2n) is 5.50. The quantitative estimate of drug-likeness (QED) is 0.464. The van der Waals surface area contributed by atoms with Gasteiger partial charge in [0.1, 0.15) is 0 Å². The molecule has 0 radical (unpaired) electrons. The Hall–Kier alpha value is -3.31. The number of rotatable bonds is 8. The van der Waals surface area contributed by atoms with Gasteiger partial charge < -0.3 is 19.7 Å². The number of carbonyl (C=O) groups is 2. The lowest BCUT2D eigenvalue weighted by atomic mass is 10.0. The highest BCUT2D eigenvalue weighted by atomic mass is 79.9. The van der Waals surface area contributed by atoms with E-state index in [1.54, 1.807) is 37.3 Å².